The Balaban J connectivity index is 2.68. The summed E-state index contributed by atoms with van der Waals surface area (Å²) >= 11 is 0. The van der Waals surface area contributed by atoms with E-state index in [1.807, 2.05) is 6.92 Å². The van der Waals surface area contributed by atoms with Gasteiger partial charge in [-0.2, -0.15) is 0 Å². The summed E-state index contributed by atoms with van der Waals surface area (Å²) in [6.45, 7) is 4.46. The zero-order valence-corrected chi connectivity index (χ0v) is 4.81. The summed E-state index contributed by atoms with van der Waals surface area (Å²) in [5.41, 5.74) is 0. The Bertz CT molecular complexity index is 35.1. The lowest BCUT2D eigenvalue weighted by Crippen LogP contribution is -2.07. The van der Waals surface area contributed by atoms with Crippen LogP contribution in [0.5, 0.6) is 0 Å². The summed E-state index contributed by atoms with van der Waals surface area (Å²) in [6.07, 6.45) is -0.569. The molecule has 0 aliphatic rings. The van der Waals surface area contributed by atoms with Crippen LogP contribution in [-0.4, -0.2) is 19.3 Å². The zero-order valence-electron chi connectivity index (χ0n) is 4.81. The number of rotatable bonds is 3. The second-order valence-electron chi connectivity index (χ2n) is 1.47. The zero-order chi connectivity index (χ0) is 5.70. The number of ether oxygens (including phenoxy) is 1. The first kappa shape index (κ1) is 6.92. The highest BCUT2D eigenvalue weighted by atomic mass is 16.5. The van der Waals surface area contributed by atoms with E-state index in [4.69, 9.17) is 4.74 Å². The van der Waals surface area contributed by atoms with E-state index >= 15 is 0 Å². The molecule has 2 nitrogen and oxygen atoms in total. The lowest BCUT2D eigenvalue weighted by molar-refractivity contribution is 0.0120. The third-order valence-corrected chi connectivity index (χ3v) is 0.557. The maximum atomic E-state index is 10.2. The summed E-state index contributed by atoms with van der Waals surface area (Å²) < 4.78 is 4.78. The molecule has 0 saturated heterocycles. The quantitative estimate of drug-likeness (QED) is 0.520. The van der Waals surface area contributed by atoms with Crippen molar-refractivity contribution >= 4 is 0 Å². The maximum absolute atomic E-state index is 10.2. The Morgan fingerprint density at radius 3 is 2.43 bits per heavy atom. The Labute approximate surface area is 44.1 Å². The lowest BCUT2D eigenvalue weighted by Gasteiger charge is -1.98. The molecule has 1 unspecified atom stereocenters. The Morgan fingerprint density at radius 1 is 1.71 bits per heavy atom. The van der Waals surface area contributed by atoms with Gasteiger partial charge in [-0.05, 0) is 13.8 Å². The molecule has 0 bridgehead atoms. The summed E-state index contributed by atoms with van der Waals surface area (Å²) in [5, 5.41) is 10.2. The van der Waals surface area contributed by atoms with Gasteiger partial charge in [0.15, 0.2) is 0 Å². The van der Waals surface area contributed by atoms with Gasteiger partial charge in [-0.25, -0.2) is 5.11 Å². The van der Waals surface area contributed by atoms with E-state index in [0.29, 0.717) is 13.2 Å². The van der Waals surface area contributed by atoms with Gasteiger partial charge in [-0.1, -0.05) is 0 Å². The van der Waals surface area contributed by atoms with Gasteiger partial charge in [-0.3, -0.25) is 0 Å². The monoisotopic (exact) mass is 103 g/mol. The highest BCUT2D eigenvalue weighted by Gasteiger charge is 1.92. The van der Waals surface area contributed by atoms with Crippen molar-refractivity contribution in [1.29, 1.82) is 0 Å². The van der Waals surface area contributed by atoms with Crippen LogP contribution in [0.4, 0.5) is 0 Å². The fourth-order valence-corrected chi connectivity index (χ4v) is 0.284. The normalized spacial score (nSPS) is 14.1. The Hall–Kier alpha value is -0.0800. The van der Waals surface area contributed by atoms with Crippen molar-refractivity contribution < 1.29 is 9.84 Å². The van der Waals surface area contributed by atoms with Gasteiger partial charge in [0, 0.05) is 6.61 Å². The molecular formula is C5H11O2. The van der Waals surface area contributed by atoms with Gasteiger partial charge in [-0.15, -0.1) is 0 Å². The van der Waals surface area contributed by atoms with Gasteiger partial charge in [0.25, 0.3) is 0 Å². The highest BCUT2D eigenvalue weighted by molar-refractivity contribution is 4.38. The minimum Gasteiger partial charge on any atom is -0.379 e. The molecular weight excluding hydrogens is 92.1 g/mol. The van der Waals surface area contributed by atoms with Crippen molar-refractivity contribution in [1.82, 2.24) is 0 Å². The van der Waals surface area contributed by atoms with Crippen molar-refractivity contribution in [2.45, 2.75) is 20.0 Å². The van der Waals surface area contributed by atoms with Crippen LogP contribution in [0.2, 0.25) is 0 Å². The van der Waals surface area contributed by atoms with Crippen molar-refractivity contribution in [2.75, 3.05) is 13.2 Å². The van der Waals surface area contributed by atoms with Gasteiger partial charge >= 0.3 is 0 Å². The molecule has 0 aliphatic heterocycles. The molecule has 0 saturated carbocycles. The molecule has 0 heterocycles. The molecule has 0 aromatic rings. The predicted molar refractivity (Wildman–Crippen MR) is 26.6 cm³/mol. The molecule has 2 heteroatoms. The van der Waals surface area contributed by atoms with Crippen LogP contribution in [0.3, 0.4) is 0 Å². The van der Waals surface area contributed by atoms with Crippen LogP contribution in [0.1, 0.15) is 13.8 Å². The number of hydrogen-bond donors (Lipinski definition) is 0. The second kappa shape index (κ2) is 4.09. The SMILES string of the molecule is CCOCC(C)[O]. The third-order valence-electron chi connectivity index (χ3n) is 0.557. The van der Waals surface area contributed by atoms with Gasteiger partial charge in [0.05, 0.1) is 6.61 Å². The molecule has 0 aliphatic carbocycles. The predicted octanol–water partition coefficient (Wildman–Crippen LogP) is 0.842. The summed E-state index contributed by atoms with van der Waals surface area (Å²) in [5.74, 6) is 0. The first-order valence-corrected chi connectivity index (χ1v) is 2.51. The van der Waals surface area contributed by atoms with Crippen molar-refractivity contribution in [2.24, 2.45) is 0 Å². The van der Waals surface area contributed by atoms with E-state index in [-0.39, 0.29) is 0 Å². The molecule has 7 heavy (non-hydrogen) atoms. The highest BCUT2D eigenvalue weighted by Crippen LogP contribution is 1.80. The largest absolute Gasteiger partial charge is 0.379 e. The summed E-state index contributed by atoms with van der Waals surface area (Å²) in [6, 6.07) is 0. The van der Waals surface area contributed by atoms with Crippen molar-refractivity contribution in [3.05, 3.63) is 0 Å². The molecule has 1 atom stereocenters. The Morgan fingerprint density at radius 2 is 2.29 bits per heavy atom. The molecule has 0 aromatic heterocycles. The van der Waals surface area contributed by atoms with E-state index in [0.717, 1.165) is 0 Å². The molecule has 1 radical (unpaired) electrons. The van der Waals surface area contributed by atoms with Crippen LogP contribution < -0.4 is 0 Å². The third kappa shape index (κ3) is 5.92. The molecule has 0 aromatic carbocycles. The second-order valence-corrected chi connectivity index (χ2v) is 1.47. The van der Waals surface area contributed by atoms with Crippen LogP contribution >= 0.6 is 0 Å². The molecule has 0 fully saturated rings. The first-order valence-electron chi connectivity index (χ1n) is 2.51. The van der Waals surface area contributed by atoms with E-state index in [1.165, 1.54) is 0 Å². The van der Waals surface area contributed by atoms with Gasteiger partial charge in [0.2, 0.25) is 0 Å². The molecule has 0 N–H and O–H groups in total. The summed E-state index contributed by atoms with van der Waals surface area (Å²) in [4.78, 5) is 0. The molecule has 0 spiro atoms. The Kier molecular flexibility index (Phi) is 4.04. The smallest absolute Gasteiger partial charge is 0.113 e. The van der Waals surface area contributed by atoms with Crippen molar-refractivity contribution in [3.63, 3.8) is 0 Å². The molecule has 43 valence electrons. The van der Waals surface area contributed by atoms with Crippen molar-refractivity contribution in [3.8, 4) is 0 Å². The minimum absolute atomic E-state index is 0.344. The lowest BCUT2D eigenvalue weighted by atomic mass is 10.4. The van der Waals surface area contributed by atoms with E-state index in [1.54, 1.807) is 6.92 Å². The fraction of sp³-hybridized carbons (Fsp3) is 1.00. The van der Waals surface area contributed by atoms with Crippen LogP contribution in [-0.2, 0) is 9.84 Å². The van der Waals surface area contributed by atoms with Gasteiger partial charge in [0.1, 0.15) is 6.10 Å². The molecule has 0 rings (SSSR count). The van der Waals surface area contributed by atoms with Crippen LogP contribution in [0.15, 0.2) is 0 Å². The molecule has 0 amide bonds. The van der Waals surface area contributed by atoms with E-state index < -0.39 is 6.10 Å². The fourth-order valence-electron chi connectivity index (χ4n) is 0.284. The van der Waals surface area contributed by atoms with E-state index in [2.05, 4.69) is 0 Å². The van der Waals surface area contributed by atoms with Gasteiger partial charge < -0.3 is 4.74 Å². The summed E-state index contributed by atoms with van der Waals surface area (Å²) in [7, 11) is 0. The van der Waals surface area contributed by atoms with Crippen LogP contribution in [0.25, 0.3) is 0 Å². The topological polar surface area (TPSA) is 29.1 Å². The minimum atomic E-state index is -0.569. The standard InChI is InChI=1S/C5H11O2/c1-3-7-4-5(2)6/h5H,3-4H2,1-2H3. The van der Waals surface area contributed by atoms with E-state index in [9.17, 15) is 5.11 Å². The average molecular weight is 103 g/mol. The maximum Gasteiger partial charge on any atom is 0.113 e. The first-order chi connectivity index (χ1) is 3.27. The van der Waals surface area contributed by atoms with Crippen LogP contribution in [0, 0.1) is 0 Å². The average Bonchev–Trinajstić information content (AvgIpc) is 1.61. The number of hydrogen-bond acceptors (Lipinski definition) is 1.